The summed E-state index contributed by atoms with van der Waals surface area (Å²) in [6, 6.07) is 0.256. The van der Waals surface area contributed by atoms with E-state index in [0.29, 0.717) is 6.61 Å². The lowest BCUT2D eigenvalue weighted by atomic mass is 10.2. The van der Waals surface area contributed by atoms with Gasteiger partial charge in [0.2, 0.25) is 5.91 Å². The number of nitrogens with zero attached hydrogens (tertiary/aromatic N) is 1. The normalized spacial score (nSPS) is 23.2. The zero-order valence-corrected chi connectivity index (χ0v) is 7.45. The second-order valence-corrected chi connectivity index (χ2v) is 3.04. The number of hydrogen-bond acceptors (Lipinski definition) is 3. The average Bonchev–Trinajstić information content (AvgIpc) is 2.52. The summed E-state index contributed by atoms with van der Waals surface area (Å²) in [6.07, 6.45) is 2.11. The summed E-state index contributed by atoms with van der Waals surface area (Å²) >= 11 is 0. The number of ether oxygens (including phenoxy) is 1. The van der Waals surface area contributed by atoms with Gasteiger partial charge in [0.1, 0.15) is 0 Å². The third-order valence-electron chi connectivity index (χ3n) is 2.23. The predicted octanol–water partition coefficient (Wildman–Crippen LogP) is -0.417. The Labute approximate surface area is 72.7 Å². The molecule has 1 aliphatic heterocycles. The van der Waals surface area contributed by atoms with E-state index in [1.54, 1.807) is 7.11 Å². The Balaban J connectivity index is 2.45. The first-order valence-electron chi connectivity index (χ1n) is 4.28. The number of carbonyl (C=O) groups excluding carboxylic acids is 1. The molecular weight excluding hydrogens is 156 g/mol. The number of methoxy groups -OCH3 is 1. The summed E-state index contributed by atoms with van der Waals surface area (Å²) in [6.45, 7) is 1.58. The van der Waals surface area contributed by atoms with Crippen LogP contribution in [0.3, 0.4) is 0 Å². The summed E-state index contributed by atoms with van der Waals surface area (Å²) < 4.78 is 5.02. The molecule has 4 heteroatoms. The van der Waals surface area contributed by atoms with E-state index in [9.17, 15) is 4.79 Å². The molecule has 0 saturated carbocycles. The second kappa shape index (κ2) is 4.42. The third-order valence-corrected chi connectivity index (χ3v) is 2.23. The minimum Gasteiger partial charge on any atom is -0.383 e. The Morgan fingerprint density at radius 2 is 2.50 bits per heavy atom. The monoisotopic (exact) mass is 172 g/mol. The van der Waals surface area contributed by atoms with Gasteiger partial charge in [-0.2, -0.15) is 0 Å². The van der Waals surface area contributed by atoms with Gasteiger partial charge >= 0.3 is 0 Å². The van der Waals surface area contributed by atoms with Crippen LogP contribution in [0, 0.1) is 0 Å². The Kier molecular flexibility index (Phi) is 3.49. The molecule has 0 radical (unpaired) electrons. The van der Waals surface area contributed by atoms with Gasteiger partial charge in [-0.25, -0.2) is 0 Å². The SMILES string of the molecule is COCC1CCCN1C(=O)CN. The molecule has 0 aromatic carbocycles. The Morgan fingerprint density at radius 3 is 3.08 bits per heavy atom. The quantitative estimate of drug-likeness (QED) is 0.629. The number of nitrogens with two attached hydrogens (primary N) is 1. The zero-order chi connectivity index (χ0) is 8.97. The summed E-state index contributed by atoms with van der Waals surface area (Å²) in [5, 5.41) is 0. The van der Waals surface area contributed by atoms with Gasteiger partial charge in [0.15, 0.2) is 0 Å². The molecule has 0 aromatic rings. The number of hydrogen-bond donors (Lipinski definition) is 1. The van der Waals surface area contributed by atoms with Gasteiger partial charge in [-0.1, -0.05) is 0 Å². The first kappa shape index (κ1) is 9.48. The van der Waals surface area contributed by atoms with E-state index in [-0.39, 0.29) is 18.5 Å². The van der Waals surface area contributed by atoms with Gasteiger partial charge in [0.05, 0.1) is 19.2 Å². The Hall–Kier alpha value is -0.610. The van der Waals surface area contributed by atoms with Crippen LogP contribution in [-0.4, -0.2) is 43.7 Å². The van der Waals surface area contributed by atoms with Crippen LogP contribution in [0.1, 0.15) is 12.8 Å². The lowest BCUT2D eigenvalue weighted by Gasteiger charge is -2.23. The lowest BCUT2D eigenvalue weighted by molar-refractivity contribution is -0.131. The van der Waals surface area contributed by atoms with E-state index < -0.39 is 0 Å². The highest BCUT2D eigenvalue weighted by molar-refractivity contribution is 5.78. The van der Waals surface area contributed by atoms with E-state index >= 15 is 0 Å². The van der Waals surface area contributed by atoms with Gasteiger partial charge in [-0.3, -0.25) is 4.79 Å². The molecule has 0 aliphatic carbocycles. The van der Waals surface area contributed by atoms with Crippen molar-refractivity contribution >= 4 is 5.91 Å². The largest absolute Gasteiger partial charge is 0.383 e. The van der Waals surface area contributed by atoms with Gasteiger partial charge in [-0.15, -0.1) is 0 Å². The maximum absolute atomic E-state index is 11.2. The molecule has 1 aliphatic rings. The molecule has 1 rings (SSSR count). The molecular formula is C8H16N2O2. The van der Waals surface area contributed by atoms with Crippen LogP contribution in [0.15, 0.2) is 0 Å². The second-order valence-electron chi connectivity index (χ2n) is 3.04. The number of amides is 1. The molecule has 2 N–H and O–H groups in total. The van der Waals surface area contributed by atoms with Crippen molar-refractivity contribution in [2.24, 2.45) is 5.73 Å². The molecule has 1 atom stereocenters. The molecule has 70 valence electrons. The fourth-order valence-corrected chi connectivity index (χ4v) is 1.65. The molecule has 0 bridgehead atoms. The minimum absolute atomic E-state index is 0.0366. The van der Waals surface area contributed by atoms with E-state index in [1.807, 2.05) is 4.90 Å². The zero-order valence-electron chi connectivity index (χ0n) is 7.45. The molecule has 1 unspecified atom stereocenters. The minimum atomic E-state index is 0.0366. The van der Waals surface area contributed by atoms with E-state index in [2.05, 4.69) is 0 Å². The van der Waals surface area contributed by atoms with Crippen LogP contribution in [-0.2, 0) is 9.53 Å². The topological polar surface area (TPSA) is 55.6 Å². The van der Waals surface area contributed by atoms with Crippen LogP contribution in [0.2, 0.25) is 0 Å². The van der Waals surface area contributed by atoms with Crippen molar-refractivity contribution < 1.29 is 9.53 Å². The van der Waals surface area contributed by atoms with Crippen molar-refractivity contribution in [3.05, 3.63) is 0 Å². The maximum atomic E-state index is 11.2. The summed E-state index contributed by atoms with van der Waals surface area (Å²) in [7, 11) is 1.66. The van der Waals surface area contributed by atoms with Gasteiger partial charge in [0.25, 0.3) is 0 Å². The summed E-state index contributed by atoms with van der Waals surface area (Å²) in [4.78, 5) is 13.1. The van der Waals surface area contributed by atoms with Gasteiger partial charge in [-0.05, 0) is 12.8 Å². The van der Waals surface area contributed by atoms with Crippen molar-refractivity contribution in [3.63, 3.8) is 0 Å². The predicted molar refractivity (Wildman–Crippen MR) is 45.7 cm³/mol. The van der Waals surface area contributed by atoms with E-state index in [4.69, 9.17) is 10.5 Å². The molecule has 1 heterocycles. The van der Waals surface area contributed by atoms with Crippen LogP contribution < -0.4 is 5.73 Å². The number of rotatable bonds is 3. The number of likely N-dealkylation sites (tertiary alicyclic amines) is 1. The van der Waals surface area contributed by atoms with Crippen molar-refractivity contribution in [1.82, 2.24) is 4.90 Å². The fraction of sp³-hybridized carbons (Fsp3) is 0.875. The highest BCUT2D eigenvalue weighted by Gasteiger charge is 2.27. The van der Waals surface area contributed by atoms with Crippen LogP contribution in [0.5, 0.6) is 0 Å². The first-order chi connectivity index (χ1) is 5.79. The summed E-state index contributed by atoms with van der Waals surface area (Å²) in [5.74, 6) is 0.0366. The first-order valence-corrected chi connectivity index (χ1v) is 4.28. The maximum Gasteiger partial charge on any atom is 0.236 e. The molecule has 0 spiro atoms. The Morgan fingerprint density at radius 1 is 1.75 bits per heavy atom. The van der Waals surface area contributed by atoms with E-state index in [1.165, 1.54) is 0 Å². The number of carbonyl (C=O) groups is 1. The van der Waals surface area contributed by atoms with E-state index in [0.717, 1.165) is 19.4 Å². The lowest BCUT2D eigenvalue weighted by Crippen LogP contribution is -2.41. The van der Waals surface area contributed by atoms with Crippen molar-refractivity contribution in [1.29, 1.82) is 0 Å². The fourth-order valence-electron chi connectivity index (χ4n) is 1.65. The van der Waals surface area contributed by atoms with Crippen molar-refractivity contribution in [3.8, 4) is 0 Å². The highest BCUT2D eigenvalue weighted by Crippen LogP contribution is 2.16. The van der Waals surface area contributed by atoms with Gasteiger partial charge < -0.3 is 15.4 Å². The standard InChI is InChI=1S/C8H16N2O2/c1-12-6-7-3-2-4-10(7)8(11)5-9/h7H,2-6,9H2,1H3. The molecule has 1 amide bonds. The highest BCUT2D eigenvalue weighted by atomic mass is 16.5. The molecule has 12 heavy (non-hydrogen) atoms. The molecule has 0 aromatic heterocycles. The van der Waals surface area contributed by atoms with Crippen LogP contribution in [0.4, 0.5) is 0 Å². The average molecular weight is 172 g/mol. The van der Waals surface area contributed by atoms with Crippen LogP contribution in [0.25, 0.3) is 0 Å². The van der Waals surface area contributed by atoms with Crippen molar-refractivity contribution in [2.45, 2.75) is 18.9 Å². The molecule has 1 fully saturated rings. The van der Waals surface area contributed by atoms with Crippen LogP contribution >= 0.6 is 0 Å². The molecule has 4 nitrogen and oxygen atoms in total. The third kappa shape index (κ3) is 1.95. The smallest absolute Gasteiger partial charge is 0.236 e. The van der Waals surface area contributed by atoms with Crippen molar-refractivity contribution in [2.75, 3.05) is 26.8 Å². The Bertz CT molecular complexity index is 161. The van der Waals surface area contributed by atoms with Gasteiger partial charge in [0, 0.05) is 13.7 Å². The summed E-state index contributed by atoms with van der Waals surface area (Å²) in [5.41, 5.74) is 5.28. The molecule has 1 saturated heterocycles.